The van der Waals surface area contributed by atoms with Gasteiger partial charge in [0.25, 0.3) is 11.7 Å². The van der Waals surface area contributed by atoms with Crippen molar-refractivity contribution in [2.75, 3.05) is 6.61 Å². The molecule has 3 N–H and O–H groups in total. The fourth-order valence-electron chi connectivity index (χ4n) is 3.01. The molecule has 25 heavy (non-hydrogen) atoms. The van der Waals surface area contributed by atoms with Crippen LogP contribution in [0.2, 0.25) is 0 Å². The minimum Gasteiger partial charge on any atom is -0.481 e. The van der Waals surface area contributed by atoms with Crippen LogP contribution in [0.3, 0.4) is 0 Å². The molecule has 0 radical (unpaired) electrons. The number of aliphatic carboxylic acids is 1. The number of benzene rings is 1. The Kier molecular flexibility index (Phi) is 5.46. The number of fused-ring (bicyclic) bond motifs is 1. The molecule has 0 atom stereocenters. The fourth-order valence-corrected chi connectivity index (χ4v) is 3.01. The first-order valence-electron chi connectivity index (χ1n) is 8.10. The summed E-state index contributed by atoms with van der Waals surface area (Å²) in [7, 11) is 0. The number of amides is 1. The summed E-state index contributed by atoms with van der Waals surface area (Å²) in [6, 6.07) is 5.12. The molecular weight excluding hydrogens is 324 g/mol. The third-order valence-corrected chi connectivity index (χ3v) is 3.88. The van der Waals surface area contributed by atoms with Crippen LogP contribution in [-0.4, -0.2) is 33.9 Å². The topological polar surface area (TPSA) is 112 Å². The molecule has 0 spiro atoms. The van der Waals surface area contributed by atoms with E-state index in [9.17, 15) is 14.4 Å². The lowest BCUT2D eigenvalue weighted by Crippen LogP contribution is -2.24. The number of hydrogen-bond donors (Lipinski definition) is 2. The minimum absolute atomic E-state index is 0.207. The second kappa shape index (κ2) is 7.38. The van der Waals surface area contributed by atoms with E-state index in [1.165, 1.54) is 0 Å². The van der Waals surface area contributed by atoms with Gasteiger partial charge in [-0.2, -0.15) is 0 Å². The van der Waals surface area contributed by atoms with Crippen molar-refractivity contribution < 1.29 is 24.2 Å². The van der Waals surface area contributed by atoms with Crippen LogP contribution in [0, 0.1) is 5.92 Å². The molecule has 0 unspecified atom stereocenters. The molecule has 0 aliphatic rings. The highest BCUT2D eigenvalue weighted by atomic mass is 16.5. The molecule has 2 aromatic rings. The standard InChI is InChI=1S/C18H22N2O5/c1-4-20-11-6-5-7-13(25-9-14(21)22)15(11)16(17(23)18(19)24)12(20)8-10(2)3/h5-7,10H,4,8-9H2,1-3H3,(H2,19,24)(H,21,22). The lowest BCUT2D eigenvalue weighted by atomic mass is 9.99. The van der Waals surface area contributed by atoms with E-state index in [-0.39, 0.29) is 17.2 Å². The highest BCUT2D eigenvalue weighted by molar-refractivity contribution is 6.45. The Morgan fingerprint density at radius 3 is 2.48 bits per heavy atom. The molecule has 1 amide bonds. The van der Waals surface area contributed by atoms with Gasteiger partial charge in [0.05, 0.1) is 16.5 Å². The predicted molar refractivity (Wildman–Crippen MR) is 92.8 cm³/mol. The molecule has 1 aromatic carbocycles. The molecule has 7 nitrogen and oxygen atoms in total. The normalized spacial score (nSPS) is 11.0. The number of hydrogen-bond acceptors (Lipinski definition) is 4. The van der Waals surface area contributed by atoms with Crippen LogP contribution in [0.25, 0.3) is 10.9 Å². The van der Waals surface area contributed by atoms with E-state index in [2.05, 4.69) is 0 Å². The van der Waals surface area contributed by atoms with Crippen molar-refractivity contribution in [3.63, 3.8) is 0 Å². The SMILES string of the molecule is CCn1c(CC(C)C)c(C(=O)C(N)=O)c2c(OCC(=O)O)cccc21. The molecular formula is C18H22N2O5. The number of Topliss-reactive ketones (excluding diaryl/α,β-unsaturated/α-hetero) is 1. The van der Waals surface area contributed by atoms with Crippen molar-refractivity contribution in [3.05, 3.63) is 29.5 Å². The number of carboxylic acid groups (broad SMARTS) is 1. The third-order valence-electron chi connectivity index (χ3n) is 3.88. The maximum Gasteiger partial charge on any atom is 0.341 e. The van der Waals surface area contributed by atoms with Crippen LogP contribution in [0.15, 0.2) is 18.2 Å². The van der Waals surface area contributed by atoms with Crippen molar-refractivity contribution in [2.45, 2.75) is 33.7 Å². The van der Waals surface area contributed by atoms with Crippen molar-refractivity contribution in [3.8, 4) is 5.75 Å². The van der Waals surface area contributed by atoms with Gasteiger partial charge in [0.1, 0.15) is 5.75 Å². The molecule has 0 saturated carbocycles. The first-order valence-corrected chi connectivity index (χ1v) is 8.10. The van der Waals surface area contributed by atoms with Crippen LogP contribution in [0.1, 0.15) is 36.8 Å². The minimum atomic E-state index is -1.13. The van der Waals surface area contributed by atoms with Gasteiger partial charge in [-0.05, 0) is 31.4 Å². The Hall–Kier alpha value is -2.83. The Labute approximate surface area is 145 Å². The zero-order chi connectivity index (χ0) is 18.7. The van der Waals surface area contributed by atoms with E-state index in [0.29, 0.717) is 29.6 Å². The third kappa shape index (κ3) is 3.65. The highest BCUT2D eigenvalue weighted by Crippen LogP contribution is 2.35. The molecule has 0 aliphatic heterocycles. The van der Waals surface area contributed by atoms with E-state index in [4.69, 9.17) is 15.6 Å². The molecule has 0 saturated heterocycles. The van der Waals surface area contributed by atoms with Crippen molar-refractivity contribution in [1.82, 2.24) is 4.57 Å². The highest BCUT2D eigenvalue weighted by Gasteiger charge is 2.27. The molecule has 134 valence electrons. The Bertz CT molecular complexity index is 836. The molecule has 1 heterocycles. The lowest BCUT2D eigenvalue weighted by molar-refractivity contribution is -0.139. The first kappa shape index (κ1) is 18.5. The number of carbonyl (C=O) groups excluding carboxylic acids is 2. The van der Waals surface area contributed by atoms with Crippen LogP contribution in [-0.2, 0) is 22.6 Å². The van der Waals surface area contributed by atoms with Crippen LogP contribution < -0.4 is 10.5 Å². The molecule has 1 aromatic heterocycles. The van der Waals surface area contributed by atoms with Gasteiger partial charge in [0, 0.05) is 12.2 Å². The maximum atomic E-state index is 12.5. The van der Waals surface area contributed by atoms with Crippen molar-refractivity contribution >= 4 is 28.6 Å². The Balaban J connectivity index is 2.81. The smallest absolute Gasteiger partial charge is 0.341 e. The average Bonchev–Trinajstić information content (AvgIpc) is 2.84. The summed E-state index contributed by atoms with van der Waals surface area (Å²) in [6.07, 6.45) is 0.579. The fraction of sp³-hybridized carbons (Fsp3) is 0.389. The van der Waals surface area contributed by atoms with E-state index in [1.807, 2.05) is 31.4 Å². The summed E-state index contributed by atoms with van der Waals surface area (Å²) in [4.78, 5) is 34.9. The molecule has 0 fully saturated rings. The predicted octanol–water partition coefficient (Wildman–Crippen LogP) is 1.99. The second-order valence-electron chi connectivity index (χ2n) is 6.19. The Morgan fingerprint density at radius 2 is 1.96 bits per heavy atom. The number of nitrogens with zero attached hydrogens (tertiary/aromatic N) is 1. The van der Waals surface area contributed by atoms with Crippen LogP contribution in [0.5, 0.6) is 5.75 Å². The van der Waals surface area contributed by atoms with Gasteiger partial charge in [0.2, 0.25) is 0 Å². The van der Waals surface area contributed by atoms with Crippen LogP contribution >= 0.6 is 0 Å². The summed E-state index contributed by atoms with van der Waals surface area (Å²) in [5, 5.41) is 9.30. The number of aromatic nitrogens is 1. The number of ketones is 1. The van der Waals surface area contributed by atoms with E-state index < -0.39 is 24.3 Å². The van der Waals surface area contributed by atoms with Gasteiger partial charge in [-0.25, -0.2) is 4.79 Å². The monoisotopic (exact) mass is 346 g/mol. The molecule has 0 aliphatic carbocycles. The van der Waals surface area contributed by atoms with Crippen LogP contribution in [0.4, 0.5) is 0 Å². The number of nitrogens with two attached hydrogens (primary N) is 1. The number of ether oxygens (including phenoxy) is 1. The van der Waals surface area contributed by atoms with E-state index in [0.717, 1.165) is 0 Å². The number of carbonyl (C=O) groups is 3. The zero-order valence-electron chi connectivity index (χ0n) is 14.5. The molecule has 2 rings (SSSR count). The summed E-state index contributed by atoms with van der Waals surface area (Å²) < 4.78 is 7.30. The number of primary amides is 1. The van der Waals surface area contributed by atoms with Gasteiger partial charge < -0.3 is 20.1 Å². The molecule has 7 heteroatoms. The van der Waals surface area contributed by atoms with E-state index >= 15 is 0 Å². The number of rotatable bonds is 8. The van der Waals surface area contributed by atoms with Crippen molar-refractivity contribution in [1.29, 1.82) is 0 Å². The van der Waals surface area contributed by atoms with Gasteiger partial charge in [-0.1, -0.05) is 19.9 Å². The summed E-state index contributed by atoms with van der Waals surface area (Å²) in [5.41, 5.74) is 6.88. The zero-order valence-corrected chi connectivity index (χ0v) is 14.5. The molecule has 0 bridgehead atoms. The lowest BCUT2D eigenvalue weighted by Gasteiger charge is -2.11. The first-order chi connectivity index (χ1) is 11.8. The Morgan fingerprint density at radius 1 is 1.28 bits per heavy atom. The van der Waals surface area contributed by atoms with Gasteiger partial charge in [0.15, 0.2) is 6.61 Å². The number of aryl methyl sites for hydroxylation is 1. The van der Waals surface area contributed by atoms with E-state index in [1.54, 1.807) is 12.1 Å². The summed E-state index contributed by atoms with van der Waals surface area (Å²) in [6.45, 7) is 6.01. The summed E-state index contributed by atoms with van der Waals surface area (Å²) >= 11 is 0. The maximum absolute atomic E-state index is 12.5. The summed E-state index contributed by atoms with van der Waals surface area (Å²) in [5.74, 6) is -2.47. The van der Waals surface area contributed by atoms with Crippen molar-refractivity contribution in [2.24, 2.45) is 11.7 Å². The number of carboxylic acids is 1. The largest absolute Gasteiger partial charge is 0.481 e. The van der Waals surface area contributed by atoms with Gasteiger partial charge >= 0.3 is 5.97 Å². The second-order valence-corrected chi connectivity index (χ2v) is 6.19. The quantitative estimate of drug-likeness (QED) is 0.561. The van der Waals surface area contributed by atoms with Gasteiger partial charge in [-0.15, -0.1) is 0 Å². The van der Waals surface area contributed by atoms with Gasteiger partial charge in [-0.3, -0.25) is 9.59 Å². The average molecular weight is 346 g/mol.